The number of anilines is 1. The Bertz CT molecular complexity index is 618. The van der Waals surface area contributed by atoms with E-state index in [0.29, 0.717) is 6.54 Å². The highest BCUT2D eigenvalue weighted by Gasteiger charge is 2.26. The first-order valence-electron chi connectivity index (χ1n) is 6.45. The first kappa shape index (κ1) is 17.3. The third-order valence-corrected chi connectivity index (χ3v) is 5.16. The molecule has 3 N–H and O–H groups in total. The maximum absolute atomic E-state index is 12.5. The lowest BCUT2D eigenvalue weighted by Gasteiger charge is -2.21. The molecule has 9 heteroatoms. The van der Waals surface area contributed by atoms with Gasteiger partial charge in [-0.3, -0.25) is 16.0 Å². The number of nitrogen functional groups attached to an aromatic ring is 1. The summed E-state index contributed by atoms with van der Waals surface area (Å²) in [6.45, 7) is 4.29. The second-order valence-electron chi connectivity index (χ2n) is 4.88. The molecule has 0 aliphatic carbocycles. The number of nitro benzene ring substituents is 1. The summed E-state index contributed by atoms with van der Waals surface area (Å²) in [7, 11) is -2.29. The van der Waals surface area contributed by atoms with Crippen molar-refractivity contribution in [2.24, 2.45) is 11.8 Å². The van der Waals surface area contributed by atoms with Crippen LogP contribution in [-0.4, -0.2) is 31.2 Å². The molecule has 0 heterocycles. The van der Waals surface area contributed by atoms with Crippen LogP contribution in [0.15, 0.2) is 23.1 Å². The van der Waals surface area contributed by atoms with E-state index >= 15 is 0 Å². The van der Waals surface area contributed by atoms with Gasteiger partial charge < -0.3 is 5.43 Å². The lowest BCUT2D eigenvalue weighted by atomic mass is 10.1. The van der Waals surface area contributed by atoms with Gasteiger partial charge in [0.1, 0.15) is 4.90 Å². The van der Waals surface area contributed by atoms with Crippen molar-refractivity contribution in [3.8, 4) is 0 Å². The molecule has 0 amide bonds. The van der Waals surface area contributed by atoms with Crippen LogP contribution in [0.4, 0.5) is 11.4 Å². The number of hydrazine groups is 1. The van der Waals surface area contributed by atoms with Crippen LogP contribution in [0.3, 0.4) is 0 Å². The van der Waals surface area contributed by atoms with E-state index in [1.54, 1.807) is 0 Å². The van der Waals surface area contributed by atoms with Gasteiger partial charge in [-0.25, -0.2) is 12.7 Å². The maximum Gasteiger partial charge on any atom is 0.271 e. The van der Waals surface area contributed by atoms with Crippen LogP contribution in [0.2, 0.25) is 0 Å². The number of sulfonamides is 1. The van der Waals surface area contributed by atoms with E-state index in [1.807, 2.05) is 13.8 Å². The number of nitro groups is 1. The van der Waals surface area contributed by atoms with Gasteiger partial charge in [-0.15, -0.1) is 0 Å². The van der Waals surface area contributed by atoms with Crippen LogP contribution in [0.5, 0.6) is 0 Å². The standard InChI is InChI=1S/C12H20N4O4S/c1-4-9(2)8-15(3)21(19,20)12-6-5-10(16(17)18)7-11(12)14-13/h5-7,9,14H,4,8,13H2,1-3H3. The maximum atomic E-state index is 12.5. The van der Waals surface area contributed by atoms with Gasteiger partial charge in [0.05, 0.1) is 10.6 Å². The molecule has 0 radical (unpaired) electrons. The normalized spacial score (nSPS) is 13.2. The van der Waals surface area contributed by atoms with Crippen LogP contribution in [0, 0.1) is 16.0 Å². The van der Waals surface area contributed by atoms with E-state index in [1.165, 1.54) is 17.4 Å². The van der Waals surface area contributed by atoms with E-state index in [0.717, 1.165) is 18.6 Å². The third kappa shape index (κ3) is 3.90. The minimum absolute atomic E-state index is 0.000187. The molecule has 0 saturated carbocycles. The zero-order chi connectivity index (χ0) is 16.2. The average molecular weight is 316 g/mol. The van der Waals surface area contributed by atoms with Gasteiger partial charge in [0.15, 0.2) is 0 Å². The van der Waals surface area contributed by atoms with Gasteiger partial charge in [0.25, 0.3) is 5.69 Å². The molecule has 0 aromatic heterocycles. The molecule has 118 valence electrons. The van der Waals surface area contributed by atoms with Crippen molar-refractivity contribution in [3.63, 3.8) is 0 Å². The smallest absolute Gasteiger partial charge is 0.271 e. The molecular weight excluding hydrogens is 296 g/mol. The van der Waals surface area contributed by atoms with E-state index in [2.05, 4.69) is 5.43 Å². The summed E-state index contributed by atoms with van der Waals surface area (Å²) in [5.41, 5.74) is 1.98. The SMILES string of the molecule is CCC(C)CN(C)S(=O)(=O)c1ccc([N+](=O)[O-])cc1NN. The van der Waals surface area contributed by atoms with Crippen LogP contribution in [-0.2, 0) is 10.0 Å². The number of non-ortho nitro benzene ring substituents is 1. The first-order chi connectivity index (χ1) is 9.73. The van der Waals surface area contributed by atoms with Crippen LogP contribution >= 0.6 is 0 Å². The van der Waals surface area contributed by atoms with Crippen molar-refractivity contribution in [2.45, 2.75) is 25.2 Å². The van der Waals surface area contributed by atoms with Crippen molar-refractivity contribution in [1.82, 2.24) is 4.31 Å². The fourth-order valence-electron chi connectivity index (χ4n) is 1.80. The van der Waals surface area contributed by atoms with Crippen molar-refractivity contribution in [1.29, 1.82) is 0 Å². The van der Waals surface area contributed by atoms with E-state index < -0.39 is 14.9 Å². The molecule has 1 atom stereocenters. The molecule has 21 heavy (non-hydrogen) atoms. The summed E-state index contributed by atoms with van der Waals surface area (Å²) < 4.78 is 26.2. The number of hydrogen-bond donors (Lipinski definition) is 2. The molecule has 0 aliphatic rings. The van der Waals surface area contributed by atoms with Crippen LogP contribution in [0.25, 0.3) is 0 Å². The van der Waals surface area contributed by atoms with Crippen molar-refractivity contribution in [3.05, 3.63) is 28.3 Å². The fourth-order valence-corrected chi connectivity index (χ4v) is 3.23. The van der Waals surface area contributed by atoms with Crippen molar-refractivity contribution in [2.75, 3.05) is 19.0 Å². The lowest BCUT2D eigenvalue weighted by Crippen LogP contribution is -2.31. The van der Waals surface area contributed by atoms with Gasteiger partial charge in [-0.1, -0.05) is 20.3 Å². The molecule has 0 spiro atoms. The monoisotopic (exact) mass is 316 g/mol. The Labute approximate surface area is 124 Å². The topological polar surface area (TPSA) is 119 Å². The molecule has 1 aromatic carbocycles. The van der Waals surface area contributed by atoms with Gasteiger partial charge in [-0.2, -0.15) is 0 Å². The highest BCUT2D eigenvalue weighted by molar-refractivity contribution is 7.89. The molecule has 0 fully saturated rings. The minimum Gasteiger partial charge on any atom is -0.323 e. The first-order valence-corrected chi connectivity index (χ1v) is 7.89. The molecule has 8 nitrogen and oxygen atoms in total. The predicted octanol–water partition coefficient (Wildman–Crippen LogP) is 1.55. The molecular formula is C12H20N4O4S. The number of hydrogen-bond acceptors (Lipinski definition) is 6. The summed E-state index contributed by atoms with van der Waals surface area (Å²) >= 11 is 0. The summed E-state index contributed by atoms with van der Waals surface area (Å²) in [6.07, 6.45) is 0.849. The molecule has 0 aliphatic heterocycles. The Hall–Kier alpha value is -1.71. The Morgan fingerprint density at radius 3 is 2.57 bits per heavy atom. The Morgan fingerprint density at radius 1 is 1.48 bits per heavy atom. The molecule has 1 rings (SSSR count). The number of nitrogens with one attached hydrogen (secondary N) is 1. The highest BCUT2D eigenvalue weighted by atomic mass is 32.2. The minimum atomic E-state index is -3.76. The van der Waals surface area contributed by atoms with Crippen molar-refractivity contribution >= 4 is 21.4 Å². The lowest BCUT2D eigenvalue weighted by molar-refractivity contribution is -0.384. The van der Waals surface area contributed by atoms with Gasteiger partial charge in [-0.05, 0) is 12.0 Å². The van der Waals surface area contributed by atoms with Gasteiger partial charge in [0.2, 0.25) is 10.0 Å². The number of benzene rings is 1. The summed E-state index contributed by atoms with van der Waals surface area (Å²) in [5.74, 6) is 5.49. The largest absolute Gasteiger partial charge is 0.323 e. The summed E-state index contributed by atoms with van der Waals surface area (Å²) in [6, 6.07) is 3.44. The Morgan fingerprint density at radius 2 is 2.10 bits per heavy atom. The van der Waals surface area contributed by atoms with Crippen LogP contribution < -0.4 is 11.3 Å². The number of nitrogens with two attached hydrogens (primary N) is 1. The van der Waals surface area contributed by atoms with E-state index in [-0.39, 0.29) is 22.2 Å². The second-order valence-corrected chi connectivity index (χ2v) is 6.89. The zero-order valence-electron chi connectivity index (χ0n) is 12.2. The van der Waals surface area contributed by atoms with Gasteiger partial charge in [0, 0.05) is 25.7 Å². The third-order valence-electron chi connectivity index (χ3n) is 3.28. The summed E-state index contributed by atoms with van der Waals surface area (Å²) in [4.78, 5) is 10.0. The van der Waals surface area contributed by atoms with E-state index in [9.17, 15) is 18.5 Å². The zero-order valence-corrected chi connectivity index (χ0v) is 13.1. The highest BCUT2D eigenvalue weighted by Crippen LogP contribution is 2.28. The number of rotatable bonds is 7. The summed E-state index contributed by atoms with van der Waals surface area (Å²) in [5, 5.41) is 10.7. The van der Waals surface area contributed by atoms with Gasteiger partial charge >= 0.3 is 0 Å². The molecule has 1 unspecified atom stereocenters. The Kier molecular flexibility index (Phi) is 5.64. The number of nitrogens with zero attached hydrogens (tertiary/aromatic N) is 2. The van der Waals surface area contributed by atoms with Crippen molar-refractivity contribution < 1.29 is 13.3 Å². The average Bonchev–Trinajstić information content (AvgIpc) is 2.45. The molecule has 0 bridgehead atoms. The van der Waals surface area contributed by atoms with Crippen LogP contribution in [0.1, 0.15) is 20.3 Å². The quantitative estimate of drug-likeness (QED) is 0.447. The van der Waals surface area contributed by atoms with E-state index in [4.69, 9.17) is 5.84 Å². The second kappa shape index (κ2) is 6.83. The Balaban J connectivity index is 3.22. The predicted molar refractivity (Wildman–Crippen MR) is 80.2 cm³/mol. The fraction of sp³-hybridized carbons (Fsp3) is 0.500. The molecule has 0 saturated heterocycles. The molecule has 1 aromatic rings.